The maximum Gasteiger partial charge on any atom is 0.144 e. The maximum atomic E-state index is 9.35. The van der Waals surface area contributed by atoms with Gasteiger partial charge in [0.1, 0.15) is 5.75 Å². The Bertz CT molecular complexity index is 378. The van der Waals surface area contributed by atoms with Gasteiger partial charge in [-0.3, -0.25) is 0 Å². The van der Waals surface area contributed by atoms with Crippen LogP contribution in [0.2, 0.25) is 0 Å². The van der Waals surface area contributed by atoms with Gasteiger partial charge in [-0.25, -0.2) is 0 Å². The summed E-state index contributed by atoms with van der Waals surface area (Å²) in [5.41, 5.74) is 7.52. The standard InChI is InChI=1S/C14H24N2O2/c1-9(2)18-13-7-5-6-12(14(13)15)16-10(3)8-11(4)17/h5-7,9-11,16-17H,8,15H2,1-4H3. The van der Waals surface area contributed by atoms with Crippen LogP contribution in [-0.4, -0.2) is 23.4 Å². The molecule has 0 fully saturated rings. The van der Waals surface area contributed by atoms with Gasteiger partial charge in [-0.1, -0.05) is 6.07 Å². The molecule has 0 bridgehead atoms. The van der Waals surface area contributed by atoms with E-state index < -0.39 is 0 Å². The number of nitrogen functional groups attached to an aromatic ring is 1. The number of hydrogen-bond donors (Lipinski definition) is 3. The van der Waals surface area contributed by atoms with Crippen molar-refractivity contribution in [3.05, 3.63) is 18.2 Å². The zero-order valence-electron chi connectivity index (χ0n) is 11.6. The van der Waals surface area contributed by atoms with Gasteiger partial charge in [0, 0.05) is 6.04 Å². The summed E-state index contributed by atoms with van der Waals surface area (Å²) >= 11 is 0. The van der Waals surface area contributed by atoms with Gasteiger partial charge in [-0.2, -0.15) is 0 Å². The Morgan fingerprint density at radius 3 is 2.50 bits per heavy atom. The van der Waals surface area contributed by atoms with Gasteiger partial charge >= 0.3 is 0 Å². The van der Waals surface area contributed by atoms with Gasteiger partial charge in [-0.05, 0) is 46.2 Å². The summed E-state index contributed by atoms with van der Waals surface area (Å²) in [5, 5.41) is 12.6. The van der Waals surface area contributed by atoms with Crippen molar-refractivity contribution in [2.24, 2.45) is 0 Å². The number of rotatable bonds is 6. The summed E-state index contributed by atoms with van der Waals surface area (Å²) in [6, 6.07) is 5.84. The molecule has 0 saturated heterocycles. The second-order valence-corrected chi connectivity index (χ2v) is 5.01. The largest absolute Gasteiger partial charge is 0.489 e. The van der Waals surface area contributed by atoms with Crippen molar-refractivity contribution in [2.75, 3.05) is 11.1 Å². The topological polar surface area (TPSA) is 67.5 Å². The average Bonchev–Trinajstić information content (AvgIpc) is 2.22. The van der Waals surface area contributed by atoms with Crippen molar-refractivity contribution in [3.63, 3.8) is 0 Å². The molecular formula is C14H24N2O2. The number of nitrogens with one attached hydrogen (secondary N) is 1. The molecule has 0 aliphatic rings. The predicted octanol–water partition coefficient (Wildman–Crippen LogP) is 2.63. The van der Waals surface area contributed by atoms with Gasteiger partial charge in [0.2, 0.25) is 0 Å². The van der Waals surface area contributed by atoms with Crippen LogP contribution < -0.4 is 15.8 Å². The van der Waals surface area contributed by atoms with Crippen LogP contribution in [0.5, 0.6) is 5.75 Å². The SMILES string of the molecule is CC(O)CC(C)Nc1cccc(OC(C)C)c1N. The van der Waals surface area contributed by atoms with Crippen molar-refractivity contribution in [1.29, 1.82) is 0 Å². The summed E-state index contributed by atoms with van der Waals surface area (Å²) in [5.74, 6) is 0.694. The Morgan fingerprint density at radius 1 is 1.28 bits per heavy atom. The molecule has 0 aliphatic heterocycles. The summed E-state index contributed by atoms with van der Waals surface area (Å²) in [6.45, 7) is 7.73. The van der Waals surface area contributed by atoms with Crippen LogP contribution >= 0.6 is 0 Å². The molecular weight excluding hydrogens is 228 g/mol. The van der Waals surface area contributed by atoms with E-state index in [-0.39, 0.29) is 18.2 Å². The van der Waals surface area contributed by atoms with Crippen molar-refractivity contribution < 1.29 is 9.84 Å². The Morgan fingerprint density at radius 2 is 1.94 bits per heavy atom. The van der Waals surface area contributed by atoms with E-state index in [0.29, 0.717) is 17.9 Å². The zero-order chi connectivity index (χ0) is 13.7. The van der Waals surface area contributed by atoms with Gasteiger partial charge in [0.25, 0.3) is 0 Å². The molecule has 0 spiro atoms. The van der Waals surface area contributed by atoms with Crippen LogP contribution in [0.4, 0.5) is 11.4 Å². The monoisotopic (exact) mass is 252 g/mol. The Kier molecular flexibility index (Phi) is 5.28. The molecule has 0 aromatic heterocycles. The van der Waals surface area contributed by atoms with Crippen LogP contribution in [-0.2, 0) is 0 Å². The number of hydrogen-bond acceptors (Lipinski definition) is 4. The second-order valence-electron chi connectivity index (χ2n) is 5.01. The van der Waals surface area contributed by atoms with Crippen LogP contribution in [0.15, 0.2) is 18.2 Å². The minimum atomic E-state index is -0.330. The van der Waals surface area contributed by atoms with E-state index in [1.54, 1.807) is 6.92 Å². The molecule has 2 unspecified atom stereocenters. The van der Waals surface area contributed by atoms with E-state index in [4.69, 9.17) is 10.5 Å². The molecule has 1 aromatic carbocycles. The van der Waals surface area contributed by atoms with Gasteiger partial charge in [0.05, 0.1) is 23.6 Å². The van der Waals surface area contributed by atoms with Crippen molar-refractivity contribution in [3.8, 4) is 5.75 Å². The minimum Gasteiger partial charge on any atom is -0.489 e. The molecule has 4 N–H and O–H groups in total. The minimum absolute atomic E-state index is 0.0948. The molecule has 2 atom stereocenters. The van der Waals surface area contributed by atoms with E-state index in [2.05, 4.69) is 5.32 Å². The molecule has 1 rings (SSSR count). The van der Waals surface area contributed by atoms with E-state index in [9.17, 15) is 5.11 Å². The fraction of sp³-hybridized carbons (Fsp3) is 0.571. The number of ether oxygens (including phenoxy) is 1. The van der Waals surface area contributed by atoms with Gasteiger partial charge in [-0.15, -0.1) is 0 Å². The normalized spacial score (nSPS) is 14.3. The lowest BCUT2D eigenvalue weighted by molar-refractivity contribution is 0.179. The number of para-hydroxylation sites is 1. The first-order valence-corrected chi connectivity index (χ1v) is 6.40. The van der Waals surface area contributed by atoms with Crippen molar-refractivity contribution >= 4 is 11.4 Å². The molecule has 0 heterocycles. The zero-order valence-corrected chi connectivity index (χ0v) is 11.6. The number of aliphatic hydroxyl groups is 1. The highest BCUT2D eigenvalue weighted by atomic mass is 16.5. The summed E-state index contributed by atoms with van der Waals surface area (Å²) in [4.78, 5) is 0. The van der Waals surface area contributed by atoms with Gasteiger partial charge in [0.15, 0.2) is 0 Å². The van der Waals surface area contributed by atoms with Crippen LogP contribution in [0.25, 0.3) is 0 Å². The Hall–Kier alpha value is -1.42. The van der Waals surface area contributed by atoms with Crippen LogP contribution in [0, 0.1) is 0 Å². The first-order chi connectivity index (χ1) is 8.40. The molecule has 1 aromatic rings. The number of anilines is 2. The number of nitrogens with two attached hydrogens (primary N) is 1. The highest BCUT2D eigenvalue weighted by molar-refractivity contribution is 5.73. The average molecular weight is 252 g/mol. The smallest absolute Gasteiger partial charge is 0.144 e. The molecule has 0 radical (unpaired) electrons. The lowest BCUT2D eigenvalue weighted by Crippen LogP contribution is -2.21. The summed E-state index contributed by atoms with van der Waals surface area (Å²) in [7, 11) is 0. The molecule has 0 amide bonds. The van der Waals surface area contributed by atoms with E-state index in [0.717, 1.165) is 5.69 Å². The third-order valence-electron chi connectivity index (χ3n) is 2.53. The van der Waals surface area contributed by atoms with Crippen LogP contribution in [0.1, 0.15) is 34.1 Å². The lowest BCUT2D eigenvalue weighted by atomic mass is 10.1. The first kappa shape index (κ1) is 14.6. The number of benzene rings is 1. The fourth-order valence-corrected chi connectivity index (χ4v) is 1.86. The quantitative estimate of drug-likeness (QED) is 0.681. The molecule has 18 heavy (non-hydrogen) atoms. The van der Waals surface area contributed by atoms with E-state index in [1.807, 2.05) is 39.0 Å². The molecule has 102 valence electrons. The molecule has 0 aliphatic carbocycles. The molecule has 4 nitrogen and oxygen atoms in total. The highest BCUT2D eigenvalue weighted by Gasteiger charge is 2.11. The number of aliphatic hydroxyl groups excluding tert-OH is 1. The molecule has 4 heteroatoms. The van der Waals surface area contributed by atoms with Crippen molar-refractivity contribution in [2.45, 2.75) is 52.4 Å². The van der Waals surface area contributed by atoms with E-state index >= 15 is 0 Å². The molecule has 0 saturated carbocycles. The summed E-state index contributed by atoms with van der Waals surface area (Å²) in [6.07, 6.45) is 0.440. The third-order valence-corrected chi connectivity index (χ3v) is 2.53. The predicted molar refractivity (Wildman–Crippen MR) is 76.0 cm³/mol. The maximum absolute atomic E-state index is 9.35. The fourth-order valence-electron chi connectivity index (χ4n) is 1.86. The van der Waals surface area contributed by atoms with Gasteiger partial charge < -0.3 is 20.9 Å². The Balaban J connectivity index is 2.77. The summed E-state index contributed by atoms with van der Waals surface area (Å²) < 4.78 is 5.63. The van der Waals surface area contributed by atoms with Crippen molar-refractivity contribution in [1.82, 2.24) is 0 Å². The van der Waals surface area contributed by atoms with Crippen LogP contribution in [0.3, 0.4) is 0 Å². The second kappa shape index (κ2) is 6.50. The Labute approximate surface area is 109 Å². The van der Waals surface area contributed by atoms with E-state index in [1.165, 1.54) is 0 Å². The third kappa shape index (κ3) is 4.45. The lowest BCUT2D eigenvalue weighted by Gasteiger charge is -2.20. The highest BCUT2D eigenvalue weighted by Crippen LogP contribution is 2.30. The first-order valence-electron chi connectivity index (χ1n) is 6.40.